The van der Waals surface area contributed by atoms with E-state index < -0.39 is 0 Å². The SMILES string of the molecule is C1CCC2CCCC2C1.c1cnnnc1. The molecule has 2 unspecified atom stereocenters. The number of rotatable bonds is 0. The molecule has 0 radical (unpaired) electrons. The van der Waals surface area contributed by atoms with Gasteiger partial charge in [0.15, 0.2) is 0 Å². The van der Waals surface area contributed by atoms with Crippen LogP contribution < -0.4 is 0 Å². The third-order valence-corrected chi connectivity index (χ3v) is 3.63. The van der Waals surface area contributed by atoms with Crippen molar-refractivity contribution in [2.45, 2.75) is 44.9 Å². The van der Waals surface area contributed by atoms with Gasteiger partial charge >= 0.3 is 0 Å². The van der Waals surface area contributed by atoms with E-state index in [9.17, 15) is 0 Å². The Bertz CT molecular complexity index is 224. The zero-order chi connectivity index (χ0) is 10.3. The van der Waals surface area contributed by atoms with Crippen LogP contribution in [0.4, 0.5) is 0 Å². The Morgan fingerprint density at radius 2 is 1.27 bits per heavy atom. The largest absolute Gasteiger partial charge is 0.139 e. The molecule has 0 saturated heterocycles. The van der Waals surface area contributed by atoms with Crippen LogP contribution in [0.2, 0.25) is 0 Å². The Morgan fingerprint density at radius 1 is 0.733 bits per heavy atom. The first-order chi connectivity index (χ1) is 7.47. The Kier molecular flexibility index (Phi) is 4.06. The van der Waals surface area contributed by atoms with E-state index in [4.69, 9.17) is 0 Å². The third kappa shape index (κ3) is 3.26. The summed E-state index contributed by atoms with van der Waals surface area (Å²) in [5, 5.41) is 10.1. The highest BCUT2D eigenvalue weighted by molar-refractivity contribution is 4.80. The molecular formula is C12H19N3. The molecule has 3 nitrogen and oxygen atoms in total. The van der Waals surface area contributed by atoms with Crippen molar-refractivity contribution >= 4 is 0 Å². The van der Waals surface area contributed by atoms with Crippen LogP contribution in [0.15, 0.2) is 18.5 Å². The summed E-state index contributed by atoms with van der Waals surface area (Å²) in [5.74, 6) is 2.33. The quantitative estimate of drug-likeness (QED) is 0.653. The predicted molar refractivity (Wildman–Crippen MR) is 59.1 cm³/mol. The molecule has 0 aromatic carbocycles. The average molecular weight is 205 g/mol. The molecular weight excluding hydrogens is 186 g/mol. The van der Waals surface area contributed by atoms with Crippen molar-refractivity contribution in [1.29, 1.82) is 0 Å². The normalized spacial score (nSPS) is 28.8. The summed E-state index contributed by atoms with van der Waals surface area (Å²) in [7, 11) is 0. The second-order valence-electron chi connectivity index (χ2n) is 4.55. The summed E-state index contributed by atoms with van der Waals surface area (Å²) in [6.45, 7) is 0. The minimum atomic E-state index is 1.17. The Labute approximate surface area is 91.3 Å². The molecule has 0 bridgehead atoms. The Balaban J connectivity index is 0.000000124. The van der Waals surface area contributed by atoms with Gasteiger partial charge in [-0.15, -0.1) is 10.2 Å². The standard InChI is InChI=1S/C9H16.C3H3N3/c1-2-5-9-7-3-6-8(9)4-1;1-2-4-6-5-3-1/h8-9H,1-7H2;1-3H. The molecule has 3 heteroatoms. The number of nitrogens with zero attached hydrogens (tertiary/aromatic N) is 3. The molecule has 1 heterocycles. The fraction of sp³-hybridized carbons (Fsp3) is 0.750. The van der Waals surface area contributed by atoms with E-state index >= 15 is 0 Å². The minimum Gasteiger partial charge on any atom is -0.139 e. The molecule has 1 aromatic heterocycles. The lowest BCUT2D eigenvalue weighted by Crippen LogP contribution is -2.12. The summed E-state index contributed by atoms with van der Waals surface area (Å²) in [4.78, 5) is 0. The molecule has 1 aromatic rings. The molecule has 2 atom stereocenters. The fourth-order valence-corrected chi connectivity index (χ4v) is 2.89. The maximum Gasteiger partial charge on any atom is 0.0529 e. The van der Waals surface area contributed by atoms with Crippen molar-refractivity contribution in [3.8, 4) is 0 Å². The lowest BCUT2D eigenvalue weighted by Gasteiger charge is -2.24. The van der Waals surface area contributed by atoms with Crippen molar-refractivity contribution < 1.29 is 0 Å². The lowest BCUT2D eigenvalue weighted by atomic mass is 9.82. The molecule has 2 saturated carbocycles. The van der Waals surface area contributed by atoms with Gasteiger partial charge in [0, 0.05) is 0 Å². The number of aromatic nitrogens is 3. The Morgan fingerprint density at radius 3 is 1.67 bits per heavy atom. The maximum absolute atomic E-state index is 3.42. The van der Waals surface area contributed by atoms with Gasteiger partial charge in [-0.25, -0.2) is 0 Å². The van der Waals surface area contributed by atoms with E-state index in [0.717, 1.165) is 0 Å². The average Bonchev–Trinajstić information content (AvgIpc) is 2.80. The summed E-state index contributed by atoms with van der Waals surface area (Å²) in [5.41, 5.74) is 0. The van der Waals surface area contributed by atoms with Crippen molar-refractivity contribution in [2.24, 2.45) is 11.8 Å². The molecule has 82 valence electrons. The molecule has 0 amide bonds. The van der Waals surface area contributed by atoms with Crippen LogP contribution in [0.25, 0.3) is 0 Å². The second kappa shape index (κ2) is 5.79. The lowest BCUT2D eigenvalue weighted by molar-refractivity contribution is 0.277. The van der Waals surface area contributed by atoms with Crippen molar-refractivity contribution in [2.75, 3.05) is 0 Å². The van der Waals surface area contributed by atoms with Crippen molar-refractivity contribution in [3.05, 3.63) is 18.5 Å². The second-order valence-corrected chi connectivity index (χ2v) is 4.55. The van der Waals surface area contributed by atoms with Gasteiger partial charge in [0.2, 0.25) is 0 Å². The molecule has 2 fully saturated rings. The van der Waals surface area contributed by atoms with Gasteiger partial charge in [-0.1, -0.05) is 44.9 Å². The summed E-state index contributed by atoms with van der Waals surface area (Å²) in [6, 6.07) is 1.72. The first-order valence-electron chi connectivity index (χ1n) is 6.05. The van der Waals surface area contributed by atoms with Crippen LogP contribution in [0.5, 0.6) is 0 Å². The van der Waals surface area contributed by atoms with E-state index in [-0.39, 0.29) is 0 Å². The van der Waals surface area contributed by atoms with Crippen LogP contribution in [-0.2, 0) is 0 Å². The first-order valence-corrected chi connectivity index (χ1v) is 6.05. The Hall–Kier alpha value is -0.990. The number of hydrogen-bond donors (Lipinski definition) is 0. The van der Waals surface area contributed by atoms with Crippen molar-refractivity contribution in [1.82, 2.24) is 15.4 Å². The molecule has 0 N–H and O–H groups in total. The molecule has 0 aliphatic heterocycles. The number of hydrogen-bond acceptors (Lipinski definition) is 3. The predicted octanol–water partition coefficient (Wildman–Crippen LogP) is 2.85. The van der Waals surface area contributed by atoms with E-state index in [1.165, 1.54) is 31.1 Å². The molecule has 2 aliphatic carbocycles. The minimum absolute atomic E-state index is 1.17. The smallest absolute Gasteiger partial charge is 0.0529 e. The fourth-order valence-electron chi connectivity index (χ4n) is 2.89. The molecule has 2 aliphatic rings. The first kappa shape index (κ1) is 10.5. The highest BCUT2D eigenvalue weighted by atomic mass is 15.3. The van der Waals surface area contributed by atoms with E-state index in [2.05, 4.69) is 15.4 Å². The summed E-state index contributed by atoms with van der Waals surface area (Å²) >= 11 is 0. The zero-order valence-corrected chi connectivity index (χ0v) is 9.18. The van der Waals surface area contributed by atoms with E-state index in [0.29, 0.717) is 0 Å². The van der Waals surface area contributed by atoms with Crippen molar-refractivity contribution in [3.63, 3.8) is 0 Å². The van der Waals surface area contributed by atoms with Crippen LogP contribution in [0, 0.1) is 11.8 Å². The number of fused-ring (bicyclic) bond motifs is 1. The van der Waals surface area contributed by atoms with Gasteiger partial charge in [-0.05, 0) is 23.1 Å². The molecule has 15 heavy (non-hydrogen) atoms. The highest BCUT2D eigenvalue weighted by Gasteiger charge is 2.28. The molecule has 3 rings (SSSR count). The van der Waals surface area contributed by atoms with Crippen LogP contribution >= 0.6 is 0 Å². The van der Waals surface area contributed by atoms with Crippen LogP contribution in [-0.4, -0.2) is 15.4 Å². The van der Waals surface area contributed by atoms with Gasteiger partial charge < -0.3 is 0 Å². The van der Waals surface area contributed by atoms with Crippen LogP contribution in [0.1, 0.15) is 44.9 Å². The summed E-state index contributed by atoms with van der Waals surface area (Å²) in [6.07, 6.45) is 14.0. The van der Waals surface area contributed by atoms with Crippen LogP contribution in [0.3, 0.4) is 0 Å². The van der Waals surface area contributed by atoms with Gasteiger partial charge in [-0.3, -0.25) is 0 Å². The monoisotopic (exact) mass is 205 g/mol. The van der Waals surface area contributed by atoms with Gasteiger partial charge in [0.1, 0.15) is 0 Å². The third-order valence-electron chi connectivity index (χ3n) is 3.63. The highest BCUT2D eigenvalue weighted by Crippen LogP contribution is 2.41. The topological polar surface area (TPSA) is 38.7 Å². The van der Waals surface area contributed by atoms with E-state index in [1.807, 2.05) is 0 Å². The van der Waals surface area contributed by atoms with E-state index in [1.54, 1.807) is 44.1 Å². The van der Waals surface area contributed by atoms with Gasteiger partial charge in [-0.2, -0.15) is 0 Å². The summed E-state index contributed by atoms with van der Waals surface area (Å²) < 4.78 is 0. The zero-order valence-electron chi connectivity index (χ0n) is 9.18. The molecule has 0 spiro atoms. The van der Waals surface area contributed by atoms with Gasteiger partial charge in [0.25, 0.3) is 0 Å². The maximum atomic E-state index is 3.42. The van der Waals surface area contributed by atoms with Gasteiger partial charge in [0.05, 0.1) is 12.4 Å².